The number of nitrogens with zero attached hydrogens (tertiary/aromatic N) is 5. The summed E-state index contributed by atoms with van der Waals surface area (Å²) in [7, 11) is 1.67. The molecule has 1 aromatic carbocycles. The molecule has 7 atom stereocenters. The van der Waals surface area contributed by atoms with Crippen molar-refractivity contribution in [1.82, 2.24) is 35.3 Å². The number of nitrogens with one attached hydrogen (secondary N) is 2. The van der Waals surface area contributed by atoms with Gasteiger partial charge in [0.05, 0.1) is 47.5 Å². The van der Waals surface area contributed by atoms with Crippen LogP contribution in [0.2, 0.25) is 0 Å². The van der Waals surface area contributed by atoms with Crippen LogP contribution in [0.3, 0.4) is 0 Å². The third kappa shape index (κ3) is 8.52. The lowest BCUT2D eigenvalue weighted by atomic mass is 9.84. The molecule has 1 saturated heterocycles. The van der Waals surface area contributed by atoms with E-state index >= 15 is 0 Å². The Morgan fingerprint density at radius 3 is 2.72 bits per heavy atom. The Labute approximate surface area is 364 Å². The molecule has 1 aliphatic carbocycles. The number of hydrogen-bond acceptors (Lipinski definition) is 13. The van der Waals surface area contributed by atoms with E-state index in [4.69, 9.17) is 40.8 Å². The molecule has 6 bridgehead atoms. The maximum absolute atomic E-state index is 14.7. The lowest BCUT2D eigenvalue weighted by Crippen LogP contribution is -2.59. The fraction of sp³-hybridized carbons (Fsp3) is 0.489. The van der Waals surface area contributed by atoms with Gasteiger partial charge in [0.25, 0.3) is 0 Å². The topological polar surface area (TPSA) is 163 Å². The van der Waals surface area contributed by atoms with Crippen LogP contribution in [-0.2, 0) is 41.6 Å². The van der Waals surface area contributed by atoms with Gasteiger partial charge in [0.1, 0.15) is 28.8 Å². The van der Waals surface area contributed by atoms with Gasteiger partial charge >= 0.3 is 5.97 Å². The lowest BCUT2D eigenvalue weighted by molar-refractivity contribution is -0.156. The van der Waals surface area contributed by atoms with Crippen LogP contribution in [0.1, 0.15) is 88.6 Å². The summed E-state index contributed by atoms with van der Waals surface area (Å²) in [4.78, 5) is 56.4. The number of ether oxygens (including phenoxy) is 3. The van der Waals surface area contributed by atoms with Crippen molar-refractivity contribution in [3.8, 4) is 22.5 Å². The number of benzene rings is 1. The van der Waals surface area contributed by atoms with E-state index in [1.165, 1.54) is 22.7 Å². The van der Waals surface area contributed by atoms with Crippen LogP contribution in [0, 0.1) is 29.1 Å². The van der Waals surface area contributed by atoms with Crippen molar-refractivity contribution in [1.29, 1.82) is 0 Å². The number of fused-ring (bicyclic) bond motifs is 6. The van der Waals surface area contributed by atoms with E-state index in [0.717, 1.165) is 39.0 Å². The van der Waals surface area contributed by atoms with Gasteiger partial charge in [-0.05, 0) is 74.8 Å². The second kappa shape index (κ2) is 17.5. The number of cyclic esters (lactones) is 1. The summed E-state index contributed by atoms with van der Waals surface area (Å²) in [6.07, 6.45) is 5.23. The van der Waals surface area contributed by atoms with Gasteiger partial charge < -0.3 is 28.5 Å². The Morgan fingerprint density at radius 2 is 2.00 bits per heavy atom. The molecule has 6 heterocycles. The Bertz CT molecular complexity index is 2440. The number of oxazole rings is 1. The predicted octanol–water partition coefficient (Wildman–Crippen LogP) is 7.23. The summed E-state index contributed by atoms with van der Waals surface area (Å²) in [5.74, 6) is -1.30. The van der Waals surface area contributed by atoms with Gasteiger partial charge in [0.15, 0.2) is 6.39 Å². The first kappa shape index (κ1) is 42.8. The number of carbonyl (C=O) groups excluding carboxylic acids is 3. The SMILES string of the molecule is CCO[C@@H]1c2nc(cs2)-c2ccc3c(c2)c(c(-c2cccnc2[C@H](C)OC)n3Cc2cnco2)CC(C)(C)COC(=O)[C@@H]2CCCN(N2)C(=O)[C@H]1C(=S)NC(=O)C1[C@@H](C)[C@H]1C. The molecule has 5 aromatic rings. The highest BCUT2D eigenvalue weighted by Crippen LogP contribution is 2.46. The van der Waals surface area contributed by atoms with Crippen LogP contribution in [-0.4, -0.2) is 80.2 Å². The molecule has 322 valence electrons. The third-order valence-electron chi connectivity index (χ3n) is 12.4. The molecule has 14 nitrogen and oxygen atoms in total. The van der Waals surface area contributed by atoms with Crippen molar-refractivity contribution in [3.05, 3.63) is 76.5 Å². The van der Waals surface area contributed by atoms with Crippen LogP contribution in [0.15, 0.2) is 58.9 Å². The Kier molecular flexibility index (Phi) is 12.3. The average Bonchev–Trinajstić information content (AvgIpc) is 3.74. The van der Waals surface area contributed by atoms with Crippen molar-refractivity contribution in [2.45, 2.75) is 85.6 Å². The number of thiazole rings is 1. The van der Waals surface area contributed by atoms with Gasteiger partial charge in [-0.15, -0.1) is 11.3 Å². The number of methoxy groups -OCH3 is 1. The highest BCUT2D eigenvalue weighted by atomic mass is 32.1. The first-order valence-corrected chi connectivity index (χ1v) is 22.3. The minimum absolute atomic E-state index is 0.0587. The number of esters is 1. The molecular formula is C45H53N7O7S2. The first-order valence-electron chi connectivity index (χ1n) is 21.0. The minimum atomic E-state index is -1.12. The maximum atomic E-state index is 14.7. The molecule has 2 amide bonds. The van der Waals surface area contributed by atoms with E-state index in [1.54, 1.807) is 19.5 Å². The van der Waals surface area contributed by atoms with Crippen LogP contribution < -0.4 is 10.7 Å². The van der Waals surface area contributed by atoms with Crippen molar-refractivity contribution < 1.29 is 33.0 Å². The summed E-state index contributed by atoms with van der Waals surface area (Å²) in [5.41, 5.74) is 8.78. The van der Waals surface area contributed by atoms with Gasteiger partial charge in [-0.25, -0.2) is 15.4 Å². The van der Waals surface area contributed by atoms with Crippen molar-refractivity contribution >= 4 is 57.2 Å². The zero-order valence-corrected chi connectivity index (χ0v) is 37.2. The Hall–Kier alpha value is -4.87. The fourth-order valence-corrected chi connectivity index (χ4v) is 10.0. The van der Waals surface area contributed by atoms with Crippen LogP contribution in [0.5, 0.6) is 0 Å². The van der Waals surface area contributed by atoms with Gasteiger partial charge in [0, 0.05) is 65.2 Å². The molecule has 2 aliphatic heterocycles. The highest BCUT2D eigenvalue weighted by Gasteiger charge is 2.49. The molecule has 16 heteroatoms. The minimum Gasteiger partial charge on any atom is -0.464 e. The summed E-state index contributed by atoms with van der Waals surface area (Å²) in [6, 6.07) is 9.49. The van der Waals surface area contributed by atoms with Crippen LogP contribution in [0.4, 0.5) is 0 Å². The number of hydrazine groups is 1. The van der Waals surface area contributed by atoms with Crippen LogP contribution in [0.25, 0.3) is 33.4 Å². The smallest absolute Gasteiger partial charge is 0.324 e. The second-order valence-corrected chi connectivity index (χ2v) is 18.5. The van der Waals surface area contributed by atoms with E-state index in [1.807, 2.05) is 45.2 Å². The number of carbonyl (C=O) groups is 3. The van der Waals surface area contributed by atoms with Crippen LogP contribution >= 0.6 is 23.6 Å². The normalized spacial score (nSPS) is 24.5. The van der Waals surface area contributed by atoms with Gasteiger partial charge in [-0.3, -0.25) is 24.4 Å². The van der Waals surface area contributed by atoms with E-state index in [9.17, 15) is 14.4 Å². The number of amides is 2. The predicted molar refractivity (Wildman–Crippen MR) is 234 cm³/mol. The summed E-state index contributed by atoms with van der Waals surface area (Å²) >= 11 is 7.31. The number of rotatable bonds is 9. The quantitative estimate of drug-likeness (QED) is 0.113. The lowest BCUT2D eigenvalue weighted by Gasteiger charge is -2.37. The monoisotopic (exact) mass is 867 g/mol. The zero-order valence-electron chi connectivity index (χ0n) is 35.6. The molecule has 61 heavy (non-hydrogen) atoms. The molecule has 2 N–H and O–H groups in total. The molecule has 1 unspecified atom stereocenters. The highest BCUT2D eigenvalue weighted by molar-refractivity contribution is 7.80. The standard InChI is InChI=1S/C45H53N7O7S2/c1-8-57-39-36(41(60)49-40(53)35-24(2)25(35)3)43(54)52-16-10-12-32(50-52)44(55)58-22-45(5,6)18-31-30-17-27(33-21-61-42(39)48-33)13-14-34(30)51(20-28-19-46-23-59-28)38(31)29-11-9-15-47-37(29)26(4)56-7/h9,11,13-15,17,19,21,23-26,32,35-36,39,50H,8,10,12,16,18,20,22H2,1-7H3,(H,49,53,60)/t24-,25+,26-,32-,35?,36+,39-/m0/s1. The number of hydrogen-bond donors (Lipinski definition) is 2. The summed E-state index contributed by atoms with van der Waals surface area (Å²) < 4.78 is 26.4. The molecule has 1 saturated carbocycles. The molecule has 4 aromatic heterocycles. The second-order valence-electron chi connectivity index (χ2n) is 17.2. The number of thiocarbonyl (C=S) groups is 1. The third-order valence-corrected chi connectivity index (χ3v) is 13.7. The molecule has 2 fully saturated rings. The first-order chi connectivity index (χ1) is 29.3. The maximum Gasteiger partial charge on any atom is 0.324 e. The van der Waals surface area contributed by atoms with E-state index in [0.29, 0.717) is 48.8 Å². The van der Waals surface area contributed by atoms with Gasteiger partial charge in [-0.1, -0.05) is 46.0 Å². The van der Waals surface area contributed by atoms with Crippen molar-refractivity contribution in [2.75, 3.05) is 26.9 Å². The Morgan fingerprint density at radius 1 is 1.20 bits per heavy atom. The van der Waals surface area contributed by atoms with Gasteiger partial charge in [-0.2, -0.15) is 0 Å². The van der Waals surface area contributed by atoms with Crippen molar-refractivity contribution in [2.24, 2.45) is 29.1 Å². The van der Waals surface area contributed by atoms with E-state index in [2.05, 4.69) is 52.3 Å². The molecule has 3 aliphatic rings. The molecule has 0 spiro atoms. The van der Waals surface area contributed by atoms with E-state index < -0.39 is 35.4 Å². The fourth-order valence-electron chi connectivity index (χ4n) is 8.79. The summed E-state index contributed by atoms with van der Waals surface area (Å²) in [6.45, 7) is 13.1. The number of aromatic nitrogens is 4. The number of pyridine rings is 1. The molecular weight excluding hydrogens is 815 g/mol. The molecule has 8 rings (SSSR count). The average molecular weight is 868 g/mol. The summed E-state index contributed by atoms with van der Waals surface area (Å²) in [5, 5.41) is 7.83. The largest absolute Gasteiger partial charge is 0.464 e. The van der Waals surface area contributed by atoms with E-state index in [-0.39, 0.29) is 48.0 Å². The zero-order chi connectivity index (χ0) is 43.2. The van der Waals surface area contributed by atoms with Crippen molar-refractivity contribution in [3.63, 3.8) is 0 Å². The Balaban J connectivity index is 1.30. The molecule has 0 radical (unpaired) electrons. The van der Waals surface area contributed by atoms with Gasteiger partial charge in [0.2, 0.25) is 11.8 Å².